The summed E-state index contributed by atoms with van der Waals surface area (Å²) in [5.74, 6) is 5.55. The van der Waals surface area contributed by atoms with Crippen LogP contribution in [0.4, 0.5) is 11.5 Å². The minimum Gasteiger partial charge on any atom is -0.322 e. The molecule has 2 rings (SSSR count). The Hall–Kier alpha value is -2.40. The van der Waals surface area contributed by atoms with Gasteiger partial charge in [0.05, 0.1) is 5.56 Å². The van der Waals surface area contributed by atoms with Crippen LogP contribution in [-0.4, -0.2) is 10.9 Å². The zero-order valence-electron chi connectivity index (χ0n) is 10.9. The number of nitrogens with two attached hydrogens (primary N) is 1. The zero-order valence-corrected chi connectivity index (χ0v) is 10.9. The number of anilines is 2. The van der Waals surface area contributed by atoms with Crippen molar-refractivity contribution in [3.05, 3.63) is 53.2 Å². The molecule has 1 aromatic heterocycles. The van der Waals surface area contributed by atoms with Crippen LogP contribution in [-0.2, 0) is 0 Å². The summed E-state index contributed by atoms with van der Waals surface area (Å²) in [6.07, 6.45) is 1.48. The van der Waals surface area contributed by atoms with Gasteiger partial charge in [0.2, 0.25) is 0 Å². The Morgan fingerprint density at radius 3 is 2.58 bits per heavy atom. The average Bonchev–Trinajstić information content (AvgIpc) is 2.42. The lowest BCUT2D eigenvalue weighted by molar-refractivity contribution is 0.102. The van der Waals surface area contributed by atoms with Crippen LogP contribution < -0.4 is 16.6 Å². The molecule has 0 saturated heterocycles. The van der Waals surface area contributed by atoms with E-state index in [-0.39, 0.29) is 5.91 Å². The van der Waals surface area contributed by atoms with E-state index in [0.717, 1.165) is 16.8 Å². The molecule has 0 atom stereocenters. The monoisotopic (exact) mass is 256 g/mol. The summed E-state index contributed by atoms with van der Waals surface area (Å²) in [7, 11) is 0. The summed E-state index contributed by atoms with van der Waals surface area (Å²) in [4.78, 5) is 16.0. The molecule has 0 radical (unpaired) electrons. The van der Waals surface area contributed by atoms with Gasteiger partial charge >= 0.3 is 0 Å². The molecule has 4 N–H and O–H groups in total. The number of carbonyl (C=O) groups is 1. The Bertz CT molecular complexity index is 593. The van der Waals surface area contributed by atoms with Gasteiger partial charge in [-0.1, -0.05) is 17.7 Å². The fourth-order valence-electron chi connectivity index (χ4n) is 1.76. The first kappa shape index (κ1) is 13.0. The van der Waals surface area contributed by atoms with Crippen LogP contribution in [0.25, 0.3) is 0 Å². The number of nitrogens with one attached hydrogen (secondary N) is 2. The van der Waals surface area contributed by atoms with Crippen molar-refractivity contribution in [2.75, 3.05) is 10.7 Å². The van der Waals surface area contributed by atoms with Crippen molar-refractivity contribution in [3.63, 3.8) is 0 Å². The first-order valence-electron chi connectivity index (χ1n) is 5.91. The molecule has 1 aromatic carbocycles. The van der Waals surface area contributed by atoms with Crippen LogP contribution in [0.3, 0.4) is 0 Å². The molecule has 1 heterocycles. The topological polar surface area (TPSA) is 80.0 Å². The molecule has 98 valence electrons. The van der Waals surface area contributed by atoms with E-state index in [0.29, 0.717) is 11.4 Å². The van der Waals surface area contributed by atoms with E-state index < -0.39 is 0 Å². The summed E-state index contributed by atoms with van der Waals surface area (Å²) >= 11 is 0. The third-order valence-electron chi connectivity index (χ3n) is 2.80. The third-order valence-corrected chi connectivity index (χ3v) is 2.80. The first-order valence-corrected chi connectivity index (χ1v) is 5.91. The highest BCUT2D eigenvalue weighted by atomic mass is 16.1. The predicted octanol–water partition coefficient (Wildman–Crippen LogP) is 2.24. The SMILES string of the molecule is Cc1ccc(NC(=O)c2ccc(NN)nc2)c(C)c1. The molecule has 0 spiro atoms. The molecule has 0 aliphatic carbocycles. The number of aryl methyl sites for hydroxylation is 2. The Balaban J connectivity index is 2.15. The predicted molar refractivity (Wildman–Crippen MR) is 75.9 cm³/mol. The minimum atomic E-state index is -0.192. The summed E-state index contributed by atoms with van der Waals surface area (Å²) < 4.78 is 0. The second-order valence-corrected chi connectivity index (χ2v) is 4.35. The molecule has 5 heteroatoms. The van der Waals surface area contributed by atoms with Gasteiger partial charge in [-0.2, -0.15) is 0 Å². The number of carbonyl (C=O) groups excluding carboxylic acids is 1. The van der Waals surface area contributed by atoms with Gasteiger partial charge in [-0.15, -0.1) is 0 Å². The molecule has 2 aromatic rings. The highest BCUT2D eigenvalue weighted by molar-refractivity contribution is 6.04. The van der Waals surface area contributed by atoms with E-state index in [4.69, 9.17) is 5.84 Å². The fourth-order valence-corrected chi connectivity index (χ4v) is 1.76. The van der Waals surface area contributed by atoms with Crippen LogP contribution in [0.2, 0.25) is 0 Å². The van der Waals surface area contributed by atoms with Gasteiger partial charge in [0.1, 0.15) is 5.82 Å². The van der Waals surface area contributed by atoms with E-state index in [1.807, 2.05) is 32.0 Å². The number of hydrazine groups is 1. The molecule has 0 unspecified atom stereocenters. The highest BCUT2D eigenvalue weighted by Gasteiger charge is 2.08. The minimum absolute atomic E-state index is 0.192. The number of rotatable bonds is 3. The smallest absolute Gasteiger partial charge is 0.257 e. The maximum atomic E-state index is 12.0. The van der Waals surface area contributed by atoms with Crippen molar-refractivity contribution in [2.24, 2.45) is 5.84 Å². The average molecular weight is 256 g/mol. The Kier molecular flexibility index (Phi) is 3.77. The standard InChI is InChI=1S/C14H16N4O/c1-9-3-5-12(10(2)7-9)17-14(19)11-4-6-13(18-15)16-8-11/h3-8H,15H2,1-2H3,(H,16,18)(H,17,19). The molecule has 0 fully saturated rings. The number of hydrogen-bond donors (Lipinski definition) is 3. The Morgan fingerprint density at radius 1 is 1.21 bits per heavy atom. The van der Waals surface area contributed by atoms with Gasteiger partial charge in [-0.3, -0.25) is 4.79 Å². The zero-order chi connectivity index (χ0) is 13.8. The molecular formula is C14H16N4O. The highest BCUT2D eigenvalue weighted by Crippen LogP contribution is 2.17. The van der Waals surface area contributed by atoms with E-state index in [9.17, 15) is 4.79 Å². The summed E-state index contributed by atoms with van der Waals surface area (Å²) in [6.45, 7) is 3.98. The number of pyridine rings is 1. The molecule has 0 aliphatic heterocycles. The van der Waals surface area contributed by atoms with Gasteiger partial charge < -0.3 is 10.7 Å². The maximum absolute atomic E-state index is 12.0. The summed E-state index contributed by atoms with van der Waals surface area (Å²) in [6, 6.07) is 9.20. The molecule has 0 aliphatic rings. The summed E-state index contributed by atoms with van der Waals surface area (Å²) in [5.41, 5.74) is 5.89. The van der Waals surface area contributed by atoms with Crippen molar-refractivity contribution in [1.29, 1.82) is 0 Å². The van der Waals surface area contributed by atoms with Crippen molar-refractivity contribution in [2.45, 2.75) is 13.8 Å². The van der Waals surface area contributed by atoms with Gasteiger partial charge in [-0.25, -0.2) is 10.8 Å². The molecule has 19 heavy (non-hydrogen) atoms. The third kappa shape index (κ3) is 3.08. The summed E-state index contributed by atoms with van der Waals surface area (Å²) in [5, 5.41) is 2.86. The molecule has 0 saturated carbocycles. The molecule has 0 bridgehead atoms. The van der Waals surface area contributed by atoms with E-state index in [1.54, 1.807) is 12.1 Å². The quantitative estimate of drug-likeness (QED) is 0.581. The lowest BCUT2D eigenvalue weighted by Crippen LogP contribution is -2.14. The van der Waals surface area contributed by atoms with Crippen LogP contribution in [0.1, 0.15) is 21.5 Å². The maximum Gasteiger partial charge on any atom is 0.257 e. The van der Waals surface area contributed by atoms with Crippen LogP contribution >= 0.6 is 0 Å². The number of benzene rings is 1. The number of amides is 1. The van der Waals surface area contributed by atoms with Crippen LogP contribution in [0, 0.1) is 13.8 Å². The Morgan fingerprint density at radius 2 is 2.00 bits per heavy atom. The van der Waals surface area contributed by atoms with Gasteiger partial charge in [0.25, 0.3) is 5.91 Å². The second-order valence-electron chi connectivity index (χ2n) is 4.35. The lowest BCUT2D eigenvalue weighted by Gasteiger charge is -2.09. The number of nitrogen functional groups attached to an aromatic ring is 1. The fraction of sp³-hybridized carbons (Fsp3) is 0.143. The first-order chi connectivity index (χ1) is 9.10. The lowest BCUT2D eigenvalue weighted by atomic mass is 10.1. The van der Waals surface area contributed by atoms with Crippen LogP contribution in [0.5, 0.6) is 0 Å². The normalized spacial score (nSPS) is 10.1. The Labute approximate surface area is 111 Å². The van der Waals surface area contributed by atoms with Gasteiger partial charge in [0.15, 0.2) is 0 Å². The number of nitrogens with zero attached hydrogens (tertiary/aromatic N) is 1. The molecular weight excluding hydrogens is 240 g/mol. The van der Waals surface area contributed by atoms with E-state index >= 15 is 0 Å². The molecule has 5 nitrogen and oxygen atoms in total. The molecule has 1 amide bonds. The van der Waals surface area contributed by atoms with Crippen molar-refractivity contribution in [3.8, 4) is 0 Å². The van der Waals surface area contributed by atoms with Gasteiger partial charge in [0, 0.05) is 11.9 Å². The number of aromatic nitrogens is 1. The van der Waals surface area contributed by atoms with Crippen molar-refractivity contribution < 1.29 is 4.79 Å². The van der Waals surface area contributed by atoms with E-state index in [2.05, 4.69) is 15.7 Å². The van der Waals surface area contributed by atoms with E-state index in [1.165, 1.54) is 6.20 Å². The van der Waals surface area contributed by atoms with Crippen molar-refractivity contribution >= 4 is 17.4 Å². The van der Waals surface area contributed by atoms with Crippen LogP contribution in [0.15, 0.2) is 36.5 Å². The van der Waals surface area contributed by atoms with Gasteiger partial charge in [-0.05, 0) is 37.6 Å². The second kappa shape index (κ2) is 5.49. The van der Waals surface area contributed by atoms with Crippen molar-refractivity contribution in [1.82, 2.24) is 4.98 Å². The number of hydrogen-bond acceptors (Lipinski definition) is 4. The largest absolute Gasteiger partial charge is 0.322 e.